The molecule has 0 spiro atoms. The van der Waals surface area contributed by atoms with Crippen LogP contribution < -0.4 is 10.1 Å². The Morgan fingerprint density at radius 3 is 2.70 bits per heavy atom. The maximum atomic E-state index is 14.2. The number of hydrogen-bond donors (Lipinski definition) is 2. The average Bonchev–Trinajstić information content (AvgIpc) is 2.48. The van der Waals surface area contributed by atoms with Gasteiger partial charge < -0.3 is 15.2 Å². The molecule has 1 aliphatic rings. The van der Waals surface area contributed by atoms with Crippen LogP contribution >= 0.6 is 0 Å². The number of aliphatic hydroxyl groups is 1. The molecule has 1 aromatic carbocycles. The summed E-state index contributed by atoms with van der Waals surface area (Å²) < 4.78 is 33.4. The number of rotatable bonds is 5. The van der Waals surface area contributed by atoms with Gasteiger partial charge in [-0.3, -0.25) is 4.90 Å². The molecule has 1 aliphatic heterocycles. The minimum atomic E-state index is -3.19. The van der Waals surface area contributed by atoms with Crippen molar-refractivity contribution in [2.24, 2.45) is 0 Å². The van der Waals surface area contributed by atoms with Crippen molar-refractivity contribution in [3.05, 3.63) is 29.8 Å². The highest BCUT2D eigenvalue weighted by atomic mass is 19.3. The molecule has 0 aromatic heterocycles. The average molecular weight is 286 g/mol. The summed E-state index contributed by atoms with van der Waals surface area (Å²) in [5, 5.41) is 12.2. The second-order valence-electron chi connectivity index (χ2n) is 4.88. The van der Waals surface area contributed by atoms with Crippen molar-refractivity contribution < 1.29 is 18.6 Å². The number of benzene rings is 1. The van der Waals surface area contributed by atoms with Gasteiger partial charge >= 0.3 is 0 Å². The van der Waals surface area contributed by atoms with Crippen molar-refractivity contribution in [3.63, 3.8) is 0 Å². The Labute approximate surface area is 117 Å². The summed E-state index contributed by atoms with van der Waals surface area (Å²) >= 11 is 0. The normalized spacial score (nSPS) is 18.8. The third kappa shape index (κ3) is 3.26. The predicted octanol–water partition coefficient (Wildman–Crippen LogP) is 1.27. The van der Waals surface area contributed by atoms with Gasteiger partial charge in [0, 0.05) is 26.2 Å². The highest BCUT2D eigenvalue weighted by Crippen LogP contribution is 2.37. The molecule has 1 heterocycles. The lowest BCUT2D eigenvalue weighted by Gasteiger charge is -2.38. The van der Waals surface area contributed by atoms with E-state index in [2.05, 4.69) is 5.32 Å². The number of nitrogens with one attached hydrogen (secondary N) is 1. The molecule has 20 heavy (non-hydrogen) atoms. The molecule has 6 heteroatoms. The van der Waals surface area contributed by atoms with Gasteiger partial charge in [0.05, 0.1) is 7.11 Å². The van der Waals surface area contributed by atoms with Crippen LogP contribution in [0, 0.1) is 0 Å². The monoisotopic (exact) mass is 286 g/mol. The second-order valence-corrected chi connectivity index (χ2v) is 4.88. The first-order valence-corrected chi connectivity index (χ1v) is 6.66. The maximum absolute atomic E-state index is 14.2. The van der Waals surface area contributed by atoms with Crippen molar-refractivity contribution in [3.8, 4) is 5.75 Å². The second kappa shape index (κ2) is 6.47. The molecular weight excluding hydrogens is 266 g/mol. The first-order valence-electron chi connectivity index (χ1n) is 6.66. The fraction of sp³-hybridized carbons (Fsp3) is 0.571. The summed E-state index contributed by atoms with van der Waals surface area (Å²) in [7, 11) is 1.50. The van der Waals surface area contributed by atoms with Crippen LogP contribution in [-0.2, 0) is 0 Å². The molecule has 1 fully saturated rings. The Balaban J connectivity index is 2.34. The van der Waals surface area contributed by atoms with E-state index >= 15 is 0 Å². The highest BCUT2D eigenvalue weighted by molar-refractivity contribution is 5.32. The van der Waals surface area contributed by atoms with E-state index in [-0.39, 0.29) is 0 Å². The fourth-order valence-electron chi connectivity index (χ4n) is 2.56. The van der Waals surface area contributed by atoms with Crippen LogP contribution in [0.3, 0.4) is 0 Å². The van der Waals surface area contributed by atoms with Crippen molar-refractivity contribution in [2.45, 2.75) is 12.0 Å². The third-order valence-corrected chi connectivity index (χ3v) is 3.54. The lowest BCUT2D eigenvalue weighted by Crippen LogP contribution is -2.51. The van der Waals surface area contributed by atoms with Crippen molar-refractivity contribution in [2.75, 3.05) is 39.9 Å². The number of ether oxygens (including phenoxy) is 1. The van der Waals surface area contributed by atoms with Crippen LogP contribution in [0.4, 0.5) is 8.78 Å². The molecule has 0 aliphatic carbocycles. The zero-order valence-corrected chi connectivity index (χ0v) is 11.5. The Morgan fingerprint density at radius 2 is 2.10 bits per heavy atom. The Hall–Kier alpha value is -1.24. The highest BCUT2D eigenvalue weighted by Gasteiger charge is 2.44. The smallest absolute Gasteiger partial charge is 0.289 e. The van der Waals surface area contributed by atoms with E-state index in [0.29, 0.717) is 37.5 Å². The number of halogens is 2. The van der Waals surface area contributed by atoms with Crippen LogP contribution in [0.1, 0.15) is 11.6 Å². The maximum Gasteiger partial charge on any atom is 0.289 e. The van der Waals surface area contributed by atoms with Gasteiger partial charge in [-0.15, -0.1) is 0 Å². The Bertz CT molecular complexity index is 437. The van der Waals surface area contributed by atoms with E-state index in [9.17, 15) is 8.78 Å². The summed E-state index contributed by atoms with van der Waals surface area (Å²) in [5.41, 5.74) is 0.463. The van der Waals surface area contributed by atoms with E-state index in [4.69, 9.17) is 9.84 Å². The number of methoxy groups -OCH3 is 1. The zero-order chi connectivity index (χ0) is 14.6. The first-order chi connectivity index (χ1) is 9.58. The van der Waals surface area contributed by atoms with E-state index in [1.54, 1.807) is 29.2 Å². The van der Waals surface area contributed by atoms with Crippen LogP contribution in [0.2, 0.25) is 0 Å². The summed E-state index contributed by atoms with van der Waals surface area (Å²) in [5.74, 6) is -2.65. The van der Waals surface area contributed by atoms with Crippen LogP contribution in [0.25, 0.3) is 0 Å². The van der Waals surface area contributed by atoms with Crippen LogP contribution in [0.15, 0.2) is 24.3 Å². The van der Waals surface area contributed by atoms with Crippen LogP contribution in [0.5, 0.6) is 5.75 Å². The molecule has 1 aromatic rings. The number of nitrogens with zero attached hydrogens (tertiary/aromatic N) is 1. The molecule has 1 saturated heterocycles. The summed E-state index contributed by atoms with van der Waals surface area (Å²) in [6.07, 6.45) is 0. The van der Waals surface area contributed by atoms with Crippen molar-refractivity contribution in [1.82, 2.24) is 10.2 Å². The van der Waals surface area contributed by atoms with E-state index < -0.39 is 18.6 Å². The molecule has 112 valence electrons. The van der Waals surface area contributed by atoms with Gasteiger partial charge in [0.15, 0.2) is 0 Å². The van der Waals surface area contributed by atoms with Gasteiger partial charge in [0.2, 0.25) is 0 Å². The van der Waals surface area contributed by atoms with E-state index in [0.717, 1.165) is 0 Å². The lowest BCUT2D eigenvalue weighted by molar-refractivity contribution is -0.118. The topological polar surface area (TPSA) is 44.7 Å². The number of alkyl halides is 2. The van der Waals surface area contributed by atoms with Gasteiger partial charge in [-0.05, 0) is 17.7 Å². The van der Waals surface area contributed by atoms with Gasteiger partial charge in [0.1, 0.15) is 18.4 Å². The molecule has 4 nitrogen and oxygen atoms in total. The third-order valence-electron chi connectivity index (χ3n) is 3.54. The molecule has 0 unspecified atom stereocenters. The van der Waals surface area contributed by atoms with Crippen molar-refractivity contribution >= 4 is 0 Å². The number of hydrogen-bond acceptors (Lipinski definition) is 4. The molecule has 2 rings (SSSR count). The molecule has 0 bridgehead atoms. The van der Waals surface area contributed by atoms with E-state index in [1.807, 2.05) is 0 Å². The molecule has 0 saturated carbocycles. The Kier molecular flexibility index (Phi) is 4.91. The standard InChI is InChI=1S/C14H20F2N2O2/c1-20-12-4-2-3-11(9-12)13(14(15,16)10-19)18-7-5-17-6-8-18/h2-4,9,13,17,19H,5-8,10H2,1H3/t13-/m0/s1. The van der Waals surface area contributed by atoms with Gasteiger partial charge in [-0.1, -0.05) is 12.1 Å². The SMILES string of the molecule is COc1cccc([C@H](N2CCNCC2)C(F)(F)CO)c1. The molecule has 0 radical (unpaired) electrons. The predicted molar refractivity (Wildman–Crippen MR) is 72.2 cm³/mol. The number of aliphatic hydroxyl groups excluding tert-OH is 1. The van der Waals surface area contributed by atoms with Crippen molar-refractivity contribution in [1.29, 1.82) is 0 Å². The lowest BCUT2D eigenvalue weighted by atomic mass is 9.98. The minimum absolute atomic E-state index is 0.463. The summed E-state index contributed by atoms with van der Waals surface area (Å²) in [4.78, 5) is 1.71. The first kappa shape index (κ1) is 15.2. The fourth-order valence-corrected chi connectivity index (χ4v) is 2.56. The van der Waals surface area contributed by atoms with Gasteiger partial charge in [-0.2, -0.15) is 0 Å². The minimum Gasteiger partial charge on any atom is -0.497 e. The largest absolute Gasteiger partial charge is 0.497 e. The zero-order valence-electron chi connectivity index (χ0n) is 11.5. The molecule has 1 atom stereocenters. The molecule has 2 N–H and O–H groups in total. The van der Waals surface area contributed by atoms with Gasteiger partial charge in [-0.25, -0.2) is 8.78 Å². The molecular formula is C14H20F2N2O2. The summed E-state index contributed by atoms with van der Waals surface area (Å²) in [6, 6.07) is 5.53. The Morgan fingerprint density at radius 1 is 1.40 bits per heavy atom. The summed E-state index contributed by atoms with van der Waals surface area (Å²) in [6.45, 7) is 1.22. The van der Waals surface area contributed by atoms with Gasteiger partial charge in [0.25, 0.3) is 5.92 Å². The number of piperazine rings is 1. The van der Waals surface area contributed by atoms with E-state index in [1.165, 1.54) is 7.11 Å². The van der Waals surface area contributed by atoms with Crippen LogP contribution in [-0.4, -0.2) is 55.8 Å². The molecule has 0 amide bonds. The quantitative estimate of drug-likeness (QED) is 0.855.